The Hall–Kier alpha value is -2.99. The molecule has 1 heterocycles. The van der Waals surface area contributed by atoms with Crippen LogP contribution in [0.25, 0.3) is 6.08 Å². The molecular formula is C22H24N2O4. The highest BCUT2D eigenvalue weighted by Gasteiger charge is 2.26. The van der Waals surface area contributed by atoms with Crippen molar-refractivity contribution >= 4 is 17.7 Å². The summed E-state index contributed by atoms with van der Waals surface area (Å²) in [4.78, 5) is 24.5. The number of hydrogen-bond donors (Lipinski definition) is 0. The average molecular weight is 380 g/mol. The number of nitro benzene ring substituents is 1. The number of likely N-dealkylation sites (tertiary alicyclic amines) is 1. The van der Waals surface area contributed by atoms with Crippen molar-refractivity contribution in [2.45, 2.75) is 25.3 Å². The molecule has 146 valence electrons. The summed E-state index contributed by atoms with van der Waals surface area (Å²) in [6.45, 7) is 1.79. The van der Waals surface area contributed by atoms with Crippen LogP contribution in [0.2, 0.25) is 0 Å². The summed E-state index contributed by atoms with van der Waals surface area (Å²) < 4.78 is 4.60. The molecule has 1 saturated heterocycles. The monoisotopic (exact) mass is 380 g/mol. The van der Waals surface area contributed by atoms with Gasteiger partial charge in [0.15, 0.2) is 0 Å². The lowest BCUT2D eigenvalue weighted by atomic mass is 10.0. The molecule has 1 atom stereocenters. The minimum atomic E-state index is -0.374. The van der Waals surface area contributed by atoms with Gasteiger partial charge in [-0.25, -0.2) is 4.79 Å². The van der Waals surface area contributed by atoms with E-state index >= 15 is 0 Å². The normalized spacial score (nSPS) is 17.1. The van der Waals surface area contributed by atoms with Crippen molar-refractivity contribution in [3.63, 3.8) is 0 Å². The number of nitro groups is 1. The van der Waals surface area contributed by atoms with Gasteiger partial charge in [-0.3, -0.25) is 15.0 Å². The molecule has 1 fully saturated rings. The Morgan fingerprint density at radius 2 is 2.00 bits per heavy atom. The highest BCUT2D eigenvalue weighted by molar-refractivity contribution is 5.86. The van der Waals surface area contributed by atoms with E-state index in [0.717, 1.165) is 37.1 Å². The molecule has 1 unspecified atom stereocenters. The van der Waals surface area contributed by atoms with Crippen LogP contribution in [-0.2, 0) is 16.0 Å². The van der Waals surface area contributed by atoms with Gasteiger partial charge in [0.2, 0.25) is 0 Å². The van der Waals surface area contributed by atoms with Gasteiger partial charge in [-0.15, -0.1) is 0 Å². The Labute approximate surface area is 164 Å². The van der Waals surface area contributed by atoms with Crippen molar-refractivity contribution < 1.29 is 14.5 Å². The van der Waals surface area contributed by atoms with Gasteiger partial charge < -0.3 is 4.74 Å². The molecule has 0 spiro atoms. The number of carbonyl (C=O) groups is 1. The van der Waals surface area contributed by atoms with Gasteiger partial charge in [-0.05, 0) is 43.0 Å². The maximum absolute atomic E-state index is 11.2. The molecule has 28 heavy (non-hydrogen) atoms. The zero-order valence-electron chi connectivity index (χ0n) is 15.9. The molecule has 1 aliphatic rings. The standard InChI is InChI=1S/C22H24N2O4/c1-28-22(25)13-10-17-8-11-19(12-9-17)20-7-4-15-23(20)16-14-18-5-2-3-6-21(18)24(26)27/h2-3,5-6,8-13,20H,4,7,14-16H2,1H3/b13-10+. The number of esters is 1. The Balaban J connectivity index is 1.66. The fraction of sp³-hybridized carbons (Fsp3) is 0.318. The van der Waals surface area contributed by atoms with Crippen molar-refractivity contribution in [2.75, 3.05) is 20.2 Å². The summed E-state index contributed by atoms with van der Waals surface area (Å²) in [5.74, 6) is -0.374. The Morgan fingerprint density at radius 1 is 1.25 bits per heavy atom. The van der Waals surface area contributed by atoms with Crippen LogP contribution < -0.4 is 0 Å². The molecule has 6 nitrogen and oxygen atoms in total. The van der Waals surface area contributed by atoms with Crippen LogP contribution in [0.15, 0.2) is 54.6 Å². The Bertz CT molecular complexity index is 861. The van der Waals surface area contributed by atoms with Crippen LogP contribution in [0.3, 0.4) is 0 Å². The second-order valence-electron chi connectivity index (χ2n) is 6.85. The third-order valence-electron chi connectivity index (χ3n) is 5.15. The lowest BCUT2D eigenvalue weighted by Gasteiger charge is -2.25. The first kappa shape index (κ1) is 19.8. The molecule has 3 rings (SSSR count). The minimum Gasteiger partial charge on any atom is -0.466 e. The number of methoxy groups -OCH3 is 1. The molecule has 0 amide bonds. The number of hydrogen-bond acceptors (Lipinski definition) is 5. The van der Waals surface area contributed by atoms with E-state index in [0.29, 0.717) is 12.5 Å². The zero-order valence-corrected chi connectivity index (χ0v) is 15.9. The molecular weight excluding hydrogens is 356 g/mol. The van der Waals surface area contributed by atoms with E-state index in [4.69, 9.17) is 0 Å². The minimum absolute atomic E-state index is 0.194. The molecule has 0 aliphatic carbocycles. The van der Waals surface area contributed by atoms with Crippen LogP contribution in [0.1, 0.15) is 35.6 Å². The quantitative estimate of drug-likeness (QED) is 0.312. The van der Waals surface area contributed by atoms with Gasteiger partial charge >= 0.3 is 5.97 Å². The summed E-state index contributed by atoms with van der Waals surface area (Å²) in [6, 6.07) is 15.4. The predicted molar refractivity (Wildman–Crippen MR) is 108 cm³/mol. The van der Waals surface area contributed by atoms with Crippen molar-refractivity contribution in [1.82, 2.24) is 4.90 Å². The number of rotatable bonds is 7. The average Bonchev–Trinajstić information content (AvgIpc) is 3.19. The molecule has 1 aliphatic heterocycles. The molecule has 0 aromatic heterocycles. The van der Waals surface area contributed by atoms with Crippen molar-refractivity contribution in [3.05, 3.63) is 81.4 Å². The first-order valence-electron chi connectivity index (χ1n) is 9.41. The number of carbonyl (C=O) groups excluding carboxylic acids is 1. The first-order valence-corrected chi connectivity index (χ1v) is 9.41. The highest BCUT2D eigenvalue weighted by Crippen LogP contribution is 2.32. The number of nitrogens with zero attached hydrogens (tertiary/aromatic N) is 2. The maximum atomic E-state index is 11.2. The Kier molecular flexibility index (Phi) is 6.55. The fourth-order valence-electron chi connectivity index (χ4n) is 3.70. The molecule has 0 N–H and O–H groups in total. The van der Waals surface area contributed by atoms with Gasteiger partial charge in [0, 0.05) is 30.3 Å². The summed E-state index contributed by atoms with van der Waals surface area (Å²) in [6.07, 6.45) is 5.99. The van der Waals surface area contributed by atoms with E-state index in [1.807, 2.05) is 24.3 Å². The lowest BCUT2D eigenvalue weighted by molar-refractivity contribution is -0.385. The van der Waals surface area contributed by atoms with Crippen LogP contribution >= 0.6 is 0 Å². The second kappa shape index (κ2) is 9.28. The van der Waals surface area contributed by atoms with Crippen LogP contribution in [0.5, 0.6) is 0 Å². The molecule has 0 saturated carbocycles. The lowest BCUT2D eigenvalue weighted by Crippen LogP contribution is -2.25. The van der Waals surface area contributed by atoms with Crippen molar-refractivity contribution in [1.29, 1.82) is 0 Å². The second-order valence-corrected chi connectivity index (χ2v) is 6.85. The van der Waals surface area contributed by atoms with Gasteiger partial charge in [0.25, 0.3) is 5.69 Å². The van der Waals surface area contributed by atoms with Gasteiger partial charge in [0.05, 0.1) is 12.0 Å². The summed E-state index contributed by atoms with van der Waals surface area (Å²) in [5.41, 5.74) is 3.15. The van der Waals surface area contributed by atoms with E-state index < -0.39 is 0 Å². The third kappa shape index (κ3) is 4.84. The van der Waals surface area contributed by atoms with Crippen LogP contribution in [0, 0.1) is 10.1 Å². The van der Waals surface area contributed by atoms with Crippen LogP contribution in [-0.4, -0.2) is 36.0 Å². The Morgan fingerprint density at radius 3 is 2.71 bits per heavy atom. The number of para-hydroxylation sites is 1. The molecule has 0 bridgehead atoms. The zero-order chi connectivity index (χ0) is 19.9. The highest BCUT2D eigenvalue weighted by atomic mass is 16.6. The molecule has 6 heteroatoms. The topological polar surface area (TPSA) is 72.7 Å². The predicted octanol–water partition coefficient (Wildman–Crippen LogP) is 4.16. The number of benzene rings is 2. The van der Waals surface area contributed by atoms with Crippen LogP contribution in [0.4, 0.5) is 5.69 Å². The molecule has 2 aromatic rings. The van der Waals surface area contributed by atoms with Gasteiger partial charge in [0.1, 0.15) is 0 Å². The van der Waals surface area contributed by atoms with E-state index in [9.17, 15) is 14.9 Å². The van der Waals surface area contributed by atoms with Gasteiger partial charge in [-0.1, -0.05) is 42.5 Å². The van der Waals surface area contributed by atoms with E-state index in [2.05, 4.69) is 21.8 Å². The smallest absolute Gasteiger partial charge is 0.330 e. The molecule has 2 aromatic carbocycles. The maximum Gasteiger partial charge on any atom is 0.330 e. The third-order valence-corrected chi connectivity index (χ3v) is 5.15. The fourth-order valence-corrected chi connectivity index (χ4v) is 3.70. The summed E-state index contributed by atoms with van der Waals surface area (Å²) in [5, 5.41) is 11.2. The van der Waals surface area contributed by atoms with E-state index in [1.165, 1.54) is 18.7 Å². The van der Waals surface area contributed by atoms with Crippen molar-refractivity contribution in [3.8, 4) is 0 Å². The summed E-state index contributed by atoms with van der Waals surface area (Å²) >= 11 is 0. The first-order chi connectivity index (χ1) is 13.6. The van der Waals surface area contributed by atoms with E-state index in [1.54, 1.807) is 18.2 Å². The van der Waals surface area contributed by atoms with Crippen molar-refractivity contribution in [2.24, 2.45) is 0 Å². The van der Waals surface area contributed by atoms with E-state index in [-0.39, 0.29) is 16.6 Å². The molecule has 0 radical (unpaired) electrons. The number of ether oxygens (including phenoxy) is 1. The van der Waals surface area contributed by atoms with Gasteiger partial charge in [-0.2, -0.15) is 0 Å². The SMILES string of the molecule is COC(=O)/C=C/c1ccc(C2CCCN2CCc2ccccc2[N+](=O)[O-])cc1. The summed E-state index contributed by atoms with van der Waals surface area (Å²) in [7, 11) is 1.36. The largest absolute Gasteiger partial charge is 0.466 e.